The Hall–Kier alpha value is -3.23. The molecule has 8 nitrogen and oxygen atoms in total. The summed E-state index contributed by atoms with van der Waals surface area (Å²) < 4.78 is 12.2. The van der Waals surface area contributed by atoms with Gasteiger partial charge in [0.2, 0.25) is 11.8 Å². The molecule has 2 bridgehead atoms. The molecule has 2 N–H and O–H groups in total. The molecule has 0 saturated carbocycles. The Kier molecular flexibility index (Phi) is 6.60. The van der Waals surface area contributed by atoms with Gasteiger partial charge in [-0.2, -0.15) is 0 Å². The smallest absolute Gasteiger partial charge is 0.312 e. The number of anilines is 1. The molecule has 2 aromatic rings. The highest BCUT2D eigenvalue weighted by molar-refractivity contribution is 6.04. The second-order valence-electron chi connectivity index (χ2n) is 11.1. The van der Waals surface area contributed by atoms with Gasteiger partial charge in [0.1, 0.15) is 17.6 Å². The highest BCUT2D eigenvalue weighted by atomic mass is 16.6. The van der Waals surface area contributed by atoms with Gasteiger partial charge < -0.3 is 24.8 Å². The summed E-state index contributed by atoms with van der Waals surface area (Å²) in [7, 11) is 0. The molecule has 3 aliphatic heterocycles. The number of carbonyl (C=O) groups is 3. The van der Waals surface area contributed by atoms with Crippen LogP contribution in [0, 0.1) is 31.6 Å². The van der Waals surface area contributed by atoms with Crippen LogP contribution in [0.2, 0.25) is 0 Å². The van der Waals surface area contributed by atoms with Crippen molar-refractivity contribution in [1.82, 2.24) is 4.90 Å². The fraction of sp³-hybridized carbons (Fsp3) is 0.500. The van der Waals surface area contributed by atoms with E-state index in [1.807, 2.05) is 76.2 Å². The van der Waals surface area contributed by atoms with Crippen molar-refractivity contribution < 1.29 is 29.0 Å². The molecule has 202 valence electrons. The maximum Gasteiger partial charge on any atom is 0.312 e. The van der Waals surface area contributed by atoms with Crippen LogP contribution in [0.15, 0.2) is 48.5 Å². The standard InChI is InChI=1S/C30H36N2O6/c1-6-37-28(36)23-22-27(35)32(21(16-33)20-13-8-7-9-14-20)25(30(22)15-19(4)29(23,5)38-30)26(34)31-24-17(2)11-10-12-18(24)3/h7-14,19,21-23,25,33H,6,15-16H2,1-5H3,(H,31,34)/t19?,21-,22+,23+,25?,29-,30?/m1/s1. The number of nitrogens with one attached hydrogen (secondary N) is 1. The molecule has 2 aromatic carbocycles. The third-order valence-electron chi connectivity index (χ3n) is 8.96. The van der Waals surface area contributed by atoms with E-state index in [-0.39, 0.29) is 25.0 Å². The van der Waals surface area contributed by atoms with Crippen molar-refractivity contribution in [2.24, 2.45) is 17.8 Å². The minimum Gasteiger partial charge on any atom is -0.466 e. The number of para-hydroxylation sites is 1. The topological polar surface area (TPSA) is 105 Å². The monoisotopic (exact) mass is 520 g/mol. The number of likely N-dealkylation sites (tertiary alicyclic amines) is 1. The molecule has 8 heteroatoms. The van der Waals surface area contributed by atoms with Gasteiger partial charge >= 0.3 is 5.97 Å². The van der Waals surface area contributed by atoms with Gasteiger partial charge in [-0.25, -0.2) is 0 Å². The number of aryl methyl sites for hydroxylation is 2. The van der Waals surface area contributed by atoms with Crippen molar-refractivity contribution in [2.45, 2.75) is 64.3 Å². The van der Waals surface area contributed by atoms with Crippen LogP contribution < -0.4 is 5.32 Å². The normalized spacial score (nSPS) is 32.3. The molecule has 38 heavy (non-hydrogen) atoms. The third-order valence-corrected chi connectivity index (χ3v) is 8.96. The predicted octanol–water partition coefficient (Wildman–Crippen LogP) is 3.55. The Morgan fingerprint density at radius 3 is 2.42 bits per heavy atom. The van der Waals surface area contributed by atoms with E-state index in [4.69, 9.17) is 9.47 Å². The van der Waals surface area contributed by atoms with Crippen LogP contribution in [0.5, 0.6) is 0 Å². The lowest BCUT2D eigenvalue weighted by molar-refractivity contribution is -0.162. The molecule has 0 aromatic heterocycles. The molecule has 2 amide bonds. The summed E-state index contributed by atoms with van der Waals surface area (Å²) in [4.78, 5) is 43.4. The van der Waals surface area contributed by atoms with E-state index in [2.05, 4.69) is 5.32 Å². The number of amides is 2. The van der Waals surface area contributed by atoms with Crippen LogP contribution in [-0.4, -0.2) is 58.2 Å². The van der Waals surface area contributed by atoms with Crippen molar-refractivity contribution in [3.8, 4) is 0 Å². The van der Waals surface area contributed by atoms with Crippen molar-refractivity contribution in [3.63, 3.8) is 0 Å². The molecule has 3 saturated heterocycles. The average molecular weight is 521 g/mol. The van der Waals surface area contributed by atoms with E-state index >= 15 is 0 Å². The van der Waals surface area contributed by atoms with Gasteiger partial charge in [-0.15, -0.1) is 0 Å². The van der Waals surface area contributed by atoms with Crippen molar-refractivity contribution in [1.29, 1.82) is 0 Å². The first-order valence-corrected chi connectivity index (χ1v) is 13.3. The lowest BCUT2D eigenvalue weighted by atomic mass is 9.62. The number of rotatable bonds is 7. The maximum atomic E-state index is 14.4. The number of ether oxygens (including phenoxy) is 2. The van der Waals surface area contributed by atoms with Gasteiger partial charge in [0, 0.05) is 5.69 Å². The highest BCUT2D eigenvalue weighted by Crippen LogP contribution is 2.66. The summed E-state index contributed by atoms with van der Waals surface area (Å²) >= 11 is 0. The molecule has 1 spiro atoms. The van der Waals surface area contributed by atoms with Crippen LogP contribution in [0.4, 0.5) is 5.69 Å². The van der Waals surface area contributed by atoms with E-state index < -0.39 is 47.0 Å². The first kappa shape index (κ1) is 26.4. The molecule has 5 rings (SSSR count). The summed E-state index contributed by atoms with van der Waals surface area (Å²) in [5.41, 5.74) is 0.991. The molecule has 0 aliphatic carbocycles. The van der Waals surface area contributed by atoms with Crippen LogP contribution in [0.25, 0.3) is 0 Å². The number of hydrogen-bond acceptors (Lipinski definition) is 6. The number of fused-ring (bicyclic) bond motifs is 1. The second kappa shape index (κ2) is 9.50. The van der Waals surface area contributed by atoms with Gasteiger partial charge in [0.25, 0.3) is 0 Å². The van der Waals surface area contributed by atoms with Gasteiger partial charge in [0.05, 0.1) is 30.8 Å². The summed E-state index contributed by atoms with van der Waals surface area (Å²) in [5, 5.41) is 13.6. The van der Waals surface area contributed by atoms with Gasteiger partial charge in [-0.05, 0) is 56.7 Å². The number of benzene rings is 2. The quantitative estimate of drug-likeness (QED) is 0.541. The first-order chi connectivity index (χ1) is 18.1. The van der Waals surface area contributed by atoms with E-state index in [1.165, 1.54) is 4.90 Å². The van der Waals surface area contributed by atoms with Crippen molar-refractivity contribution in [3.05, 3.63) is 65.2 Å². The molecular weight excluding hydrogens is 484 g/mol. The van der Waals surface area contributed by atoms with E-state index in [0.717, 1.165) is 11.1 Å². The lowest BCUT2D eigenvalue weighted by Gasteiger charge is -2.37. The van der Waals surface area contributed by atoms with Crippen LogP contribution in [0.1, 0.15) is 49.9 Å². The van der Waals surface area contributed by atoms with Gasteiger partial charge in [0.15, 0.2) is 0 Å². The van der Waals surface area contributed by atoms with Crippen LogP contribution in [0.3, 0.4) is 0 Å². The highest BCUT2D eigenvalue weighted by Gasteiger charge is 2.80. The predicted molar refractivity (Wildman–Crippen MR) is 141 cm³/mol. The molecule has 0 radical (unpaired) electrons. The Labute approximate surface area is 223 Å². The van der Waals surface area contributed by atoms with Gasteiger partial charge in [-0.3, -0.25) is 14.4 Å². The fourth-order valence-electron chi connectivity index (χ4n) is 7.14. The maximum absolute atomic E-state index is 14.4. The summed E-state index contributed by atoms with van der Waals surface area (Å²) in [6, 6.07) is 13.1. The summed E-state index contributed by atoms with van der Waals surface area (Å²) in [6.07, 6.45) is 0.435. The SMILES string of the molecule is CCOC(=O)[C@@H]1[C@H]2C(=O)N([C@H](CO)c3ccccc3)C(C(=O)Nc3c(C)cccc3C)C23CC(C)[C@@]1(C)O3. The van der Waals surface area contributed by atoms with E-state index in [0.29, 0.717) is 17.7 Å². The zero-order valence-corrected chi connectivity index (χ0v) is 22.6. The Morgan fingerprint density at radius 1 is 1.16 bits per heavy atom. The molecule has 3 aliphatic rings. The third kappa shape index (κ3) is 3.68. The molecule has 3 fully saturated rings. The first-order valence-electron chi connectivity index (χ1n) is 13.3. The minimum absolute atomic E-state index is 0.0966. The fourth-order valence-corrected chi connectivity index (χ4v) is 7.14. The lowest BCUT2D eigenvalue weighted by Crippen LogP contribution is -2.54. The number of esters is 1. The zero-order valence-electron chi connectivity index (χ0n) is 22.6. The van der Waals surface area contributed by atoms with Gasteiger partial charge in [-0.1, -0.05) is 55.5 Å². The Morgan fingerprint density at radius 2 is 1.82 bits per heavy atom. The number of aliphatic hydroxyl groups excluding tert-OH is 1. The molecule has 3 unspecified atom stereocenters. The second-order valence-corrected chi connectivity index (χ2v) is 11.1. The van der Waals surface area contributed by atoms with Crippen molar-refractivity contribution in [2.75, 3.05) is 18.5 Å². The minimum atomic E-state index is -1.23. The van der Waals surface area contributed by atoms with E-state index in [9.17, 15) is 19.5 Å². The molecule has 3 heterocycles. The van der Waals surface area contributed by atoms with Crippen LogP contribution >= 0.6 is 0 Å². The number of carbonyl (C=O) groups excluding carboxylic acids is 3. The van der Waals surface area contributed by atoms with Crippen molar-refractivity contribution >= 4 is 23.5 Å². The largest absolute Gasteiger partial charge is 0.466 e. The summed E-state index contributed by atoms with van der Waals surface area (Å²) in [5.74, 6) is -3.10. The Balaban J connectivity index is 1.66. The van der Waals surface area contributed by atoms with Crippen LogP contribution in [-0.2, 0) is 23.9 Å². The zero-order chi connectivity index (χ0) is 27.4. The molecular formula is C30H36N2O6. The average Bonchev–Trinajstić information content (AvgIpc) is 3.40. The number of aliphatic hydroxyl groups is 1. The van der Waals surface area contributed by atoms with E-state index in [1.54, 1.807) is 6.92 Å². The number of hydrogen-bond donors (Lipinski definition) is 2. The number of nitrogens with zero attached hydrogens (tertiary/aromatic N) is 1. The summed E-state index contributed by atoms with van der Waals surface area (Å²) in [6.45, 7) is 9.20. The molecule has 7 atom stereocenters. The Bertz CT molecular complexity index is 1240.